The van der Waals surface area contributed by atoms with Crippen LogP contribution >= 0.6 is 0 Å². The molecule has 1 aliphatic carbocycles. The quantitative estimate of drug-likeness (QED) is 0.808. The molecular weight excluding hydrogens is 310 g/mol. The highest BCUT2D eigenvalue weighted by Gasteiger charge is 2.23. The van der Waals surface area contributed by atoms with Crippen molar-refractivity contribution in [2.45, 2.75) is 44.3 Å². The predicted molar refractivity (Wildman–Crippen MR) is 88.5 cm³/mol. The first-order chi connectivity index (χ1) is 11.7. The molecule has 2 aliphatic rings. The van der Waals surface area contributed by atoms with E-state index in [9.17, 15) is 4.79 Å². The first-order valence-electron chi connectivity index (χ1n) is 8.25. The van der Waals surface area contributed by atoms with E-state index in [2.05, 4.69) is 10.2 Å². The van der Waals surface area contributed by atoms with Crippen molar-refractivity contribution in [1.29, 1.82) is 0 Å². The Bertz CT molecular complexity index is 622. The number of benzene rings is 1. The average molecular weight is 333 g/mol. The van der Waals surface area contributed by atoms with Crippen molar-refractivity contribution in [3.63, 3.8) is 0 Å². The number of hydrogen-bond acceptors (Lipinski definition) is 6. The van der Waals surface area contributed by atoms with Crippen molar-refractivity contribution in [3.05, 3.63) is 29.8 Å². The molecule has 1 aromatic carbocycles. The minimum Gasteiger partial charge on any atom is -0.493 e. The first kappa shape index (κ1) is 16.6. The van der Waals surface area contributed by atoms with Crippen LogP contribution in [0.15, 0.2) is 24.3 Å². The highest BCUT2D eigenvalue weighted by molar-refractivity contribution is 5.72. The zero-order chi connectivity index (χ0) is 16.9. The van der Waals surface area contributed by atoms with Gasteiger partial charge in [0.2, 0.25) is 0 Å². The molecule has 1 fully saturated rings. The van der Waals surface area contributed by atoms with Gasteiger partial charge in [-0.15, -0.1) is 0 Å². The summed E-state index contributed by atoms with van der Waals surface area (Å²) < 4.78 is 16.2. The Balaban J connectivity index is 1.75. The number of nitrogens with one attached hydrogen (secondary N) is 1. The van der Waals surface area contributed by atoms with Gasteiger partial charge in [0, 0.05) is 5.56 Å². The first-order valence-corrected chi connectivity index (χ1v) is 8.25. The van der Waals surface area contributed by atoms with E-state index in [0.717, 1.165) is 35.6 Å². The van der Waals surface area contributed by atoms with Crippen LogP contribution in [0.25, 0.3) is 5.70 Å². The van der Waals surface area contributed by atoms with Crippen LogP contribution in [0, 0.1) is 0 Å². The van der Waals surface area contributed by atoms with Crippen molar-refractivity contribution in [2.24, 2.45) is 0 Å². The summed E-state index contributed by atoms with van der Waals surface area (Å²) in [5, 5.41) is 0. The van der Waals surface area contributed by atoms with Gasteiger partial charge in [0.05, 0.1) is 32.4 Å². The molecule has 1 atom stereocenters. The second kappa shape index (κ2) is 7.57. The second-order valence-corrected chi connectivity index (χ2v) is 6.01. The second-order valence-electron chi connectivity index (χ2n) is 6.01. The van der Waals surface area contributed by atoms with E-state index in [4.69, 9.17) is 14.3 Å². The molecule has 0 saturated heterocycles. The summed E-state index contributed by atoms with van der Waals surface area (Å²) in [5.74, 6) is 1.15. The maximum absolute atomic E-state index is 11.3. The largest absolute Gasteiger partial charge is 0.493 e. The maximum atomic E-state index is 11.3. The van der Waals surface area contributed by atoms with Gasteiger partial charge in [-0.05, 0) is 50.0 Å². The van der Waals surface area contributed by atoms with Crippen LogP contribution < -0.4 is 15.0 Å². The Morgan fingerprint density at radius 2 is 2.04 bits per heavy atom. The van der Waals surface area contributed by atoms with Gasteiger partial charge >= 0.3 is 5.97 Å². The normalized spacial score (nSPS) is 20.4. The van der Waals surface area contributed by atoms with Gasteiger partial charge in [0.25, 0.3) is 0 Å². The number of hydroxylamine groups is 1. The van der Waals surface area contributed by atoms with Crippen LogP contribution in [-0.2, 0) is 14.4 Å². The summed E-state index contributed by atoms with van der Waals surface area (Å²) in [6.45, 7) is 0. The van der Waals surface area contributed by atoms with E-state index in [0.29, 0.717) is 0 Å². The number of carbonyl (C=O) groups excluding carboxylic acids is 1. The van der Waals surface area contributed by atoms with Crippen LogP contribution in [0.5, 0.6) is 11.5 Å². The highest BCUT2D eigenvalue weighted by Crippen LogP contribution is 2.34. The van der Waals surface area contributed by atoms with Crippen LogP contribution in [0.2, 0.25) is 0 Å². The number of hydrogen-bond donors (Lipinski definition) is 1. The zero-order valence-corrected chi connectivity index (χ0v) is 14.0. The molecule has 0 spiro atoms. The molecule has 0 radical (unpaired) electrons. The van der Waals surface area contributed by atoms with E-state index in [1.165, 1.54) is 20.0 Å². The SMILES string of the molecule is COC(=O)CC1C=C(c2ccc(OC)c(OC3CCCC3)c2)NO1. The van der Waals surface area contributed by atoms with Gasteiger partial charge in [0.1, 0.15) is 6.10 Å². The standard InChI is InChI=1S/C18H23NO5/c1-21-16-8-7-12(9-17(16)23-13-5-3-4-6-13)15-10-14(24-19-15)11-18(20)22-2/h7-10,13-14,19H,3-6,11H2,1-2H3. The summed E-state index contributed by atoms with van der Waals surface area (Å²) in [4.78, 5) is 16.8. The van der Waals surface area contributed by atoms with Gasteiger partial charge in [-0.2, -0.15) is 0 Å². The maximum Gasteiger partial charge on any atom is 0.308 e. The number of carbonyl (C=O) groups is 1. The Kier molecular flexibility index (Phi) is 5.25. The lowest BCUT2D eigenvalue weighted by molar-refractivity contribution is -0.143. The van der Waals surface area contributed by atoms with Gasteiger partial charge in [0.15, 0.2) is 11.5 Å². The van der Waals surface area contributed by atoms with Crippen LogP contribution in [-0.4, -0.2) is 32.4 Å². The highest BCUT2D eigenvalue weighted by atomic mass is 16.7. The molecule has 1 unspecified atom stereocenters. The Labute approximate surface area is 141 Å². The third-order valence-corrected chi connectivity index (χ3v) is 4.34. The molecule has 1 heterocycles. The Morgan fingerprint density at radius 3 is 2.75 bits per heavy atom. The van der Waals surface area contributed by atoms with Crippen molar-refractivity contribution < 1.29 is 23.8 Å². The van der Waals surface area contributed by atoms with Gasteiger partial charge < -0.3 is 14.2 Å². The summed E-state index contributed by atoms with van der Waals surface area (Å²) in [5.41, 5.74) is 4.60. The summed E-state index contributed by atoms with van der Waals surface area (Å²) in [6, 6.07) is 5.76. The molecule has 0 aromatic heterocycles. The molecule has 6 nitrogen and oxygen atoms in total. The Morgan fingerprint density at radius 1 is 1.25 bits per heavy atom. The lowest BCUT2D eigenvalue weighted by Gasteiger charge is -2.17. The lowest BCUT2D eigenvalue weighted by Crippen LogP contribution is -2.17. The van der Waals surface area contributed by atoms with E-state index in [1.807, 2.05) is 24.3 Å². The molecule has 0 amide bonds. The molecule has 1 aromatic rings. The summed E-state index contributed by atoms with van der Waals surface area (Å²) >= 11 is 0. The van der Waals surface area contributed by atoms with E-state index in [1.54, 1.807) is 7.11 Å². The fourth-order valence-electron chi connectivity index (χ4n) is 3.02. The van der Waals surface area contributed by atoms with Crippen LogP contribution in [0.4, 0.5) is 0 Å². The predicted octanol–water partition coefficient (Wildman–Crippen LogP) is 2.82. The molecule has 130 valence electrons. The molecular formula is C18H23NO5. The number of esters is 1. The molecule has 24 heavy (non-hydrogen) atoms. The minimum atomic E-state index is -0.339. The van der Waals surface area contributed by atoms with Crippen molar-refractivity contribution >= 4 is 11.7 Å². The molecule has 0 bridgehead atoms. The van der Waals surface area contributed by atoms with E-state index >= 15 is 0 Å². The third kappa shape index (κ3) is 3.82. The molecule has 3 rings (SSSR count). The molecule has 1 saturated carbocycles. The zero-order valence-electron chi connectivity index (χ0n) is 14.0. The molecule has 1 N–H and O–H groups in total. The average Bonchev–Trinajstić information content (AvgIpc) is 3.26. The van der Waals surface area contributed by atoms with Crippen LogP contribution in [0.1, 0.15) is 37.7 Å². The molecule has 1 aliphatic heterocycles. The number of ether oxygens (including phenoxy) is 3. The van der Waals surface area contributed by atoms with Crippen molar-refractivity contribution in [2.75, 3.05) is 14.2 Å². The fourth-order valence-corrected chi connectivity index (χ4v) is 3.02. The van der Waals surface area contributed by atoms with Crippen LogP contribution in [0.3, 0.4) is 0 Å². The summed E-state index contributed by atoms with van der Waals surface area (Å²) in [6.07, 6.45) is 6.55. The van der Waals surface area contributed by atoms with Gasteiger partial charge in [-0.1, -0.05) is 0 Å². The van der Waals surface area contributed by atoms with E-state index < -0.39 is 0 Å². The Hall–Kier alpha value is -2.21. The van der Waals surface area contributed by atoms with Gasteiger partial charge in [-0.3, -0.25) is 15.1 Å². The molecule has 6 heteroatoms. The summed E-state index contributed by atoms with van der Waals surface area (Å²) in [7, 11) is 3.00. The third-order valence-electron chi connectivity index (χ3n) is 4.34. The smallest absolute Gasteiger partial charge is 0.308 e. The van der Waals surface area contributed by atoms with Gasteiger partial charge in [-0.25, -0.2) is 0 Å². The topological polar surface area (TPSA) is 66.0 Å². The monoisotopic (exact) mass is 333 g/mol. The van der Waals surface area contributed by atoms with Crippen molar-refractivity contribution in [3.8, 4) is 11.5 Å². The minimum absolute atomic E-state index is 0.175. The van der Waals surface area contributed by atoms with E-state index in [-0.39, 0.29) is 24.6 Å². The number of rotatable bonds is 6. The number of methoxy groups -OCH3 is 2. The van der Waals surface area contributed by atoms with Crippen molar-refractivity contribution in [1.82, 2.24) is 5.48 Å². The fraction of sp³-hybridized carbons (Fsp3) is 0.500. The lowest BCUT2D eigenvalue weighted by atomic mass is 10.1.